The molecule has 0 aliphatic carbocycles. The van der Waals surface area contributed by atoms with Gasteiger partial charge in [0.05, 0.1) is 12.8 Å². The van der Waals surface area contributed by atoms with Crippen LogP contribution in [0.1, 0.15) is 20.3 Å². The van der Waals surface area contributed by atoms with Crippen LogP contribution in [-0.4, -0.2) is 32.3 Å². The number of nitrogens with zero attached hydrogens (tertiary/aromatic N) is 1. The first-order valence-electron chi connectivity index (χ1n) is 6.35. The molecule has 0 spiro atoms. The van der Waals surface area contributed by atoms with E-state index >= 15 is 0 Å². The minimum atomic E-state index is 0.138. The Balaban J connectivity index is 2.28. The number of anilines is 1. The molecule has 0 unspecified atom stereocenters. The van der Waals surface area contributed by atoms with Crippen LogP contribution in [0.15, 0.2) is 22.7 Å². The molecule has 3 nitrogen and oxygen atoms in total. The van der Waals surface area contributed by atoms with Gasteiger partial charge in [0.2, 0.25) is 0 Å². The van der Waals surface area contributed by atoms with Crippen LogP contribution in [0, 0.1) is 0 Å². The van der Waals surface area contributed by atoms with E-state index in [0.717, 1.165) is 36.3 Å². The predicted molar refractivity (Wildman–Crippen MR) is 79.6 cm³/mol. The lowest BCUT2D eigenvalue weighted by molar-refractivity contribution is 0.411. The van der Waals surface area contributed by atoms with Crippen molar-refractivity contribution >= 4 is 21.6 Å². The predicted octanol–water partition coefficient (Wildman–Crippen LogP) is 3.04. The van der Waals surface area contributed by atoms with E-state index in [1.54, 1.807) is 7.11 Å². The second-order valence-electron chi connectivity index (χ2n) is 5.40. The van der Waals surface area contributed by atoms with Gasteiger partial charge in [-0.2, -0.15) is 0 Å². The summed E-state index contributed by atoms with van der Waals surface area (Å²) in [5.41, 5.74) is 1.35. The lowest BCUT2D eigenvalue weighted by Gasteiger charge is -2.32. The number of hydrogen-bond donors (Lipinski definition) is 1. The van der Waals surface area contributed by atoms with Crippen molar-refractivity contribution in [3.8, 4) is 5.75 Å². The summed E-state index contributed by atoms with van der Waals surface area (Å²) in [6.45, 7) is 7.64. The average molecular weight is 313 g/mol. The molecule has 0 atom stereocenters. The highest BCUT2D eigenvalue weighted by Gasteiger charge is 2.25. The molecule has 1 fully saturated rings. The van der Waals surface area contributed by atoms with Crippen LogP contribution in [0.25, 0.3) is 0 Å². The number of rotatable bonds is 2. The molecule has 100 valence electrons. The van der Waals surface area contributed by atoms with Crippen LogP contribution in [-0.2, 0) is 0 Å². The maximum absolute atomic E-state index is 5.32. The van der Waals surface area contributed by atoms with Crippen molar-refractivity contribution in [2.24, 2.45) is 0 Å². The molecule has 1 aliphatic rings. The smallest absolute Gasteiger partial charge is 0.121 e. The van der Waals surface area contributed by atoms with E-state index in [1.807, 2.05) is 6.07 Å². The van der Waals surface area contributed by atoms with Crippen molar-refractivity contribution in [3.63, 3.8) is 0 Å². The standard InChI is InChI=1S/C14H21BrN2O/c1-14(2)10-17(8-4-7-16-14)13-9-11(18-3)5-6-12(13)15/h5-6,9,16H,4,7-8,10H2,1-3H3. The van der Waals surface area contributed by atoms with Crippen molar-refractivity contribution in [2.75, 3.05) is 31.6 Å². The summed E-state index contributed by atoms with van der Waals surface area (Å²) < 4.78 is 6.45. The molecule has 1 N–H and O–H groups in total. The van der Waals surface area contributed by atoms with Gasteiger partial charge in [0.15, 0.2) is 0 Å². The summed E-state index contributed by atoms with van der Waals surface area (Å²) in [5, 5.41) is 3.58. The summed E-state index contributed by atoms with van der Waals surface area (Å²) in [7, 11) is 1.71. The minimum absolute atomic E-state index is 0.138. The molecule has 0 saturated carbocycles. The first-order chi connectivity index (χ1) is 8.52. The third-order valence-corrected chi connectivity index (χ3v) is 3.96. The molecular formula is C14H21BrN2O. The van der Waals surface area contributed by atoms with E-state index < -0.39 is 0 Å². The van der Waals surface area contributed by atoms with Crippen molar-refractivity contribution in [1.82, 2.24) is 5.32 Å². The van der Waals surface area contributed by atoms with E-state index in [0.29, 0.717) is 0 Å². The summed E-state index contributed by atoms with van der Waals surface area (Å²) in [6.07, 6.45) is 1.16. The second kappa shape index (κ2) is 5.49. The number of benzene rings is 1. The van der Waals surface area contributed by atoms with Gasteiger partial charge in [-0.05, 0) is 54.9 Å². The Morgan fingerprint density at radius 1 is 1.39 bits per heavy atom. The summed E-state index contributed by atoms with van der Waals surface area (Å²) >= 11 is 3.64. The Labute approximate surface area is 118 Å². The fraction of sp³-hybridized carbons (Fsp3) is 0.571. The van der Waals surface area contributed by atoms with Gasteiger partial charge >= 0.3 is 0 Å². The summed E-state index contributed by atoms with van der Waals surface area (Å²) in [5.74, 6) is 0.906. The number of halogens is 1. The third-order valence-electron chi connectivity index (χ3n) is 3.29. The van der Waals surface area contributed by atoms with Gasteiger partial charge in [-0.25, -0.2) is 0 Å². The van der Waals surface area contributed by atoms with Crippen LogP contribution in [0.5, 0.6) is 5.75 Å². The molecule has 18 heavy (non-hydrogen) atoms. The van der Waals surface area contributed by atoms with Crippen molar-refractivity contribution in [3.05, 3.63) is 22.7 Å². The number of methoxy groups -OCH3 is 1. The molecule has 0 radical (unpaired) electrons. The zero-order valence-electron chi connectivity index (χ0n) is 11.3. The Hall–Kier alpha value is -0.740. The highest BCUT2D eigenvalue weighted by atomic mass is 79.9. The summed E-state index contributed by atoms with van der Waals surface area (Å²) in [6, 6.07) is 6.14. The minimum Gasteiger partial charge on any atom is -0.497 e. The van der Waals surface area contributed by atoms with Crippen LogP contribution < -0.4 is 15.0 Å². The highest BCUT2D eigenvalue weighted by molar-refractivity contribution is 9.10. The van der Waals surface area contributed by atoms with Gasteiger partial charge in [0, 0.05) is 29.2 Å². The zero-order chi connectivity index (χ0) is 13.2. The van der Waals surface area contributed by atoms with Crippen molar-refractivity contribution in [2.45, 2.75) is 25.8 Å². The van der Waals surface area contributed by atoms with Crippen LogP contribution in [0.2, 0.25) is 0 Å². The molecule has 0 aromatic heterocycles. The molecule has 1 aliphatic heterocycles. The van der Waals surface area contributed by atoms with Crippen LogP contribution >= 0.6 is 15.9 Å². The van der Waals surface area contributed by atoms with E-state index in [1.165, 1.54) is 5.69 Å². The molecule has 1 heterocycles. The molecule has 1 saturated heterocycles. The van der Waals surface area contributed by atoms with Gasteiger partial charge in [-0.1, -0.05) is 0 Å². The average Bonchev–Trinajstić information content (AvgIpc) is 2.51. The molecule has 1 aromatic carbocycles. The second-order valence-corrected chi connectivity index (χ2v) is 6.26. The van der Waals surface area contributed by atoms with Gasteiger partial charge in [-0.15, -0.1) is 0 Å². The van der Waals surface area contributed by atoms with E-state index in [9.17, 15) is 0 Å². The third kappa shape index (κ3) is 3.18. The van der Waals surface area contributed by atoms with Gasteiger partial charge in [-0.3, -0.25) is 0 Å². The molecular weight excluding hydrogens is 292 g/mol. The van der Waals surface area contributed by atoms with E-state index in [4.69, 9.17) is 4.74 Å². The number of ether oxygens (including phenoxy) is 1. The normalized spacial score (nSPS) is 19.4. The van der Waals surface area contributed by atoms with Crippen LogP contribution in [0.3, 0.4) is 0 Å². The monoisotopic (exact) mass is 312 g/mol. The zero-order valence-corrected chi connectivity index (χ0v) is 12.9. The maximum atomic E-state index is 5.32. The summed E-state index contributed by atoms with van der Waals surface area (Å²) in [4.78, 5) is 2.42. The highest BCUT2D eigenvalue weighted by Crippen LogP contribution is 2.32. The molecule has 0 bridgehead atoms. The Morgan fingerprint density at radius 3 is 2.89 bits per heavy atom. The Kier molecular flexibility index (Phi) is 4.17. The first-order valence-corrected chi connectivity index (χ1v) is 7.15. The van der Waals surface area contributed by atoms with Crippen molar-refractivity contribution < 1.29 is 4.74 Å². The molecule has 4 heteroatoms. The van der Waals surface area contributed by atoms with Gasteiger partial charge in [0.25, 0.3) is 0 Å². The molecule has 1 aromatic rings. The lowest BCUT2D eigenvalue weighted by atomic mass is 10.1. The Bertz CT molecular complexity index is 420. The quantitative estimate of drug-likeness (QED) is 0.908. The number of nitrogens with one attached hydrogen (secondary N) is 1. The van der Waals surface area contributed by atoms with Crippen molar-refractivity contribution in [1.29, 1.82) is 0 Å². The molecule has 0 amide bonds. The first kappa shape index (κ1) is 13.7. The SMILES string of the molecule is COc1ccc(Br)c(N2CCCNC(C)(C)C2)c1. The molecule has 2 rings (SSSR count). The fourth-order valence-electron chi connectivity index (χ4n) is 2.38. The van der Waals surface area contributed by atoms with E-state index in [-0.39, 0.29) is 5.54 Å². The topological polar surface area (TPSA) is 24.5 Å². The lowest BCUT2D eigenvalue weighted by Crippen LogP contribution is -2.46. The van der Waals surface area contributed by atoms with Gasteiger partial charge in [0.1, 0.15) is 5.75 Å². The maximum Gasteiger partial charge on any atom is 0.121 e. The Morgan fingerprint density at radius 2 is 2.17 bits per heavy atom. The fourth-order valence-corrected chi connectivity index (χ4v) is 2.87. The number of hydrogen-bond acceptors (Lipinski definition) is 3. The van der Waals surface area contributed by atoms with E-state index in [2.05, 4.69) is 52.1 Å². The van der Waals surface area contributed by atoms with Gasteiger partial charge < -0.3 is 15.0 Å². The largest absolute Gasteiger partial charge is 0.497 e. The van der Waals surface area contributed by atoms with Crippen LogP contribution in [0.4, 0.5) is 5.69 Å².